The number of carbonyl (C=O) groups is 2. The Kier molecular flexibility index (Phi) is 5.90. The van der Waals surface area contributed by atoms with E-state index in [9.17, 15) is 9.59 Å². The topological polar surface area (TPSA) is 105 Å². The summed E-state index contributed by atoms with van der Waals surface area (Å²) < 4.78 is 1.49. The van der Waals surface area contributed by atoms with E-state index in [2.05, 4.69) is 25.6 Å². The molecular weight excluding hydrogens is 430 g/mol. The zero-order chi connectivity index (χ0) is 23.5. The third-order valence-electron chi connectivity index (χ3n) is 5.98. The fourth-order valence-corrected chi connectivity index (χ4v) is 4.06. The Morgan fingerprint density at radius 1 is 0.971 bits per heavy atom. The van der Waals surface area contributed by atoms with Crippen molar-refractivity contribution in [2.45, 2.75) is 25.8 Å². The highest BCUT2D eigenvalue weighted by atomic mass is 16.2. The SMILES string of the molecule is CC(C(=O)Nc1ccc(NC(=O)c2cc3ccccc3nc2N2CCCC2)cc1)n1cncn1. The number of hydrogen-bond donors (Lipinski definition) is 2. The van der Waals surface area contributed by atoms with Crippen LogP contribution in [0.3, 0.4) is 0 Å². The van der Waals surface area contributed by atoms with E-state index < -0.39 is 6.04 Å². The number of rotatable bonds is 6. The number of anilines is 3. The zero-order valence-electron chi connectivity index (χ0n) is 18.8. The fraction of sp³-hybridized carbons (Fsp3) is 0.240. The standard InChI is InChI=1S/C25H25N7O2/c1-17(32-16-26-15-27-32)24(33)28-19-8-10-20(11-9-19)29-25(34)21-14-18-6-2-3-7-22(18)30-23(21)31-12-4-5-13-31/h2-3,6-11,14-17H,4-5,12-13H2,1H3,(H,28,33)(H,29,34). The minimum atomic E-state index is -0.494. The van der Waals surface area contributed by atoms with Crippen LogP contribution in [0.5, 0.6) is 0 Å². The van der Waals surface area contributed by atoms with Crippen LogP contribution in [0.25, 0.3) is 10.9 Å². The van der Waals surface area contributed by atoms with Gasteiger partial charge in [-0.2, -0.15) is 5.10 Å². The van der Waals surface area contributed by atoms with Crippen LogP contribution in [0.15, 0.2) is 67.3 Å². The van der Waals surface area contributed by atoms with Gasteiger partial charge in [-0.05, 0) is 56.2 Å². The Labute approximate surface area is 196 Å². The predicted octanol–water partition coefficient (Wildman–Crippen LogP) is 3.88. The quantitative estimate of drug-likeness (QED) is 0.457. The molecule has 0 bridgehead atoms. The second-order valence-electron chi connectivity index (χ2n) is 8.32. The van der Waals surface area contributed by atoms with Gasteiger partial charge >= 0.3 is 0 Å². The van der Waals surface area contributed by atoms with E-state index in [0.717, 1.165) is 42.7 Å². The number of para-hydroxylation sites is 1. The van der Waals surface area contributed by atoms with Crippen LogP contribution >= 0.6 is 0 Å². The smallest absolute Gasteiger partial charge is 0.259 e. The molecule has 2 amide bonds. The minimum absolute atomic E-state index is 0.209. The molecule has 1 saturated heterocycles. The fourth-order valence-electron chi connectivity index (χ4n) is 4.06. The van der Waals surface area contributed by atoms with Gasteiger partial charge in [-0.25, -0.2) is 14.6 Å². The van der Waals surface area contributed by atoms with Gasteiger partial charge in [-0.1, -0.05) is 18.2 Å². The molecule has 2 aromatic carbocycles. The maximum atomic E-state index is 13.3. The van der Waals surface area contributed by atoms with Crippen LogP contribution in [-0.4, -0.2) is 44.7 Å². The van der Waals surface area contributed by atoms with Crippen molar-refractivity contribution >= 4 is 39.9 Å². The molecule has 0 saturated carbocycles. The summed E-state index contributed by atoms with van der Waals surface area (Å²) in [5, 5.41) is 10.7. The highest BCUT2D eigenvalue weighted by Gasteiger charge is 2.22. The molecule has 3 heterocycles. The average molecular weight is 456 g/mol. The number of pyridine rings is 1. The van der Waals surface area contributed by atoms with Crippen molar-refractivity contribution in [3.8, 4) is 0 Å². The van der Waals surface area contributed by atoms with Crippen molar-refractivity contribution in [2.24, 2.45) is 0 Å². The summed E-state index contributed by atoms with van der Waals surface area (Å²) in [4.78, 5) is 36.6. The van der Waals surface area contributed by atoms with E-state index in [1.807, 2.05) is 30.3 Å². The van der Waals surface area contributed by atoms with Crippen molar-refractivity contribution in [2.75, 3.05) is 28.6 Å². The number of benzene rings is 2. The molecule has 2 N–H and O–H groups in total. The first-order valence-electron chi connectivity index (χ1n) is 11.3. The number of nitrogens with one attached hydrogen (secondary N) is 2. The summed E-state index contributed by atoms with van der Waals surface area (Å²) in [6.07, 6.45) is 5.08. The summed E-state index contributed by atoms with van der Waals surface area (Å²) in [7, 11) is 0. The monoisotopic (exact) mass is 455 g/mol. The molecule has 172 valence electrons. The van der Waals surface area contributed by atoms with Crippen LogP contribution in [-0.2, 0) is 4.79 Å². The molecule has 0 spiro atoms. The Bertz CT molecular complexity index is 1310. The number of aromatic nitrogens is 4. The zero-order valence-corrected chi connectivity index (χ0v) is 18.8. The molecule has 0 aliphatic carbocycles. The second-order valence-corrected chi connectivity index (χ2v) is 8.32. The van der Waals surface area contributed by atoms with Crippen molar-refractivity contribution in [3.05, 3.63) is 72.8 Å². The first-order valence-corrected chi connectivity index (χ1v) is 11.3. The predicted molar refractivity (Wildman–Crippen MR) is 131 cm³/mol. The summed E-state index contributed by atoms with van der Waals surface area (Å²) in [6, 6.07) is 16.3. The molecule has 9 nitrogen and oxygen atoms in total. The lowest BCUT2D eigenvalue weighted by Gasteiger charge is -2.20. The van der Waals surface area contributed by atoms with E-state index in [0.29, 0.717) is 16.9 Å². The van der Waals surface area contributed by atoms with Gasteiger partial charge in [0.1, 0.15) is 24.5 Å². The van der Waals surface area contributed by atoms with Gasteiger partial charge in [0.05, 0.1) is 11.1 Å². The van der Waals surface area contributed by atoms with Crippen LogP contribution in [0.2, 0.25) is 0 Å². The molecule has 1 fully saturated rings. The third kappa shape index (κ3) is 4.45. The number of fused-ring (bicyclic) bond motifs is 1. The average Bonchev–Trinajstić information content (AvgIpc) is 3.58. The van der Waals surface area contributed by atoms with Crippen molar-refractivity contribution in [3.63, 3.8) is 0 Å². The Hall–Kier alpha value is -4.27. The Morgan fingerprint density at radius 3 is 2.38 bits per heavy atom. The Morgan fingerprint density at radius 2 is 1.68 bits per heavy atom. The lowest BCUT2D eigenvalue weighted by atomic mass is 10.1. The van der Waals surface area contributed by atoms with Crippen LogP contribution in [0.1, 0.15) is 36.2 Å². The first-order chi connectivity index (χ1) is 16.6. The maximum Gasteiger partial charge on any atom is 0.259 e. The molecule has 1 aliphatic rings. The van der Waals surface area contributed by atoms with E-state index in [-0.39, 0.29) is 11.8 Å². The number of hydrogen-bond acceptors (Lipinski definition) is 6. The molecule has 1 aliphatic heterocycles. The highest BCUT2D eigenvalue weighted by molar-refractivity contribution is 6.09. The van der Waals surface area contributed by atoms with Crippen molar-refractivity contribution in [1.29, 1.82) is 0 Å². The molecule has 1 unspecified atom stereocenters. The summed E-state index contributed by atoms with van der Waals surface area (Å²) in [5.41, 5.74) is 2.69. The van der Waals surface area contributed by atoms with Gasteiger partial charge in [-0.15, -0.1) is 0 Å². The van der Waals surface area contributed by atoms with Gasteiger partial charge in [0.25, 0.3) is 5.91 Å². The molecule has 34 heavy (non-hydrogen) atoms. The van der Waals surface area contributed by atoms with Crippen molar-refractivity contribution < 1.29 is 9.59 Å². The van der Waals surface area contributed by atoms with Gasteiger partial charge in [0.15, 0.2) is 0 Å². The van der Waals surface area contributed by atoms with E-state index >= 15 is 0 Å². The summed E-state index contributed by atoms with van der Waals surface area (Å²) >= 11 is 0. The first kappa shape index (κ1) is 21.6. The molecule has 1 atom stereocenters. The van der Waals surface area contributed by atoms with E-state index in [1.165, 1.54) is 17.3 Å². The van der Waals surface area contributed by atoms with Gasteiger partial charge in [0.2, 0.25) is 5.91 Å². The van der Waals surface area contributed by atoms with Gasteiger partial charge in [0, 0.05) is 29.9 Å². The molecule has 4 aromatic rings. The normalized spacial score (nSPS) is 14.2. The molecule has 0 radical (unpaired) electrons. The molecule has 9 heteroatoms. The number of carbonyl (C=O) groups excluding carboxylic acids is 2. The largest absolute Gasteiger partial charge is 0.356 e. The lowest BCUT2D eigenvalue weighted by Crippen LogP contribution is -2.24. The summed E-state index contributed by atoms with van der Waals surface area (Å²) in [6.45, 7) is 3.54. The number of nitrogens with zero attached hydrogens (tertiary/aromatic N) is 5. The Balaban J connectivity index is 1.32. The molecule has 5 rings (SSSR count). The summed E-state index contributed by atoms with van der Waals surface area (Å²) in [5.74, 6) is 0.302. The van der Waals surface area contributed by atoms with Gasteiger partial charge < -0.3 is 15.5 Å². The third-order valence-corrected chi connectivity index (χ3v) is 5.98. The minimum Gasteiger partial charge on any atom is -0.356 e. The molecular formula is C25H25N7O2. The van der Waals surface area contributed by atoms with Crippen LogP contribution in [0, 0.1) is 0 Å². The van der Waals surface area contributed by atoms with Crippen LogP contribution < -0.4 is 15.5 Å². The van der Waals surface area contributed by atoms with Crippen molar-refractivity contribution in [1.82, 2.24) is 19.7 Å². The number of amides is 2. The molecule has 2 aromatic heterocycles. The lowest BCUT2D eigenvalue weighted by molar-refractivity contribution is -0.119. The highest BCUT2D eigenvalue weighted by Crippen LogP contribution is 2.27. The second kappa shape index (κ2) is 9.30. The van der Waals surface area contributed by atoms with Gasteiger partial charge in [-0.3, -0.25) is 9.59 Å². The maximum absolute atomic E-state index is 13.3. The van der Waals surface area contributed by atoms with Crippen LogP contribution in [0.4, 0.5) is 17.2 Å². The van der Waals surface area contributed by atoms with E-state index in [4.69, 9.17) is 4.98 Å². The van der Waals surface area contributed by atoms with E-state index in [1.54, 1.807) is 31.2 Å².